The molecule has 1 aromatic rings. The van der Waals surface area contributed by atoms with Gasteiger partial charge in [0.2, 0.25) is 5.88 Å². The van der Waals surface area contributed by atoms with Crippen LogP contribution in [0.4, 0.5) is 10.5 Å². The molecular formula is C16H20N6O5S. The van der Waals surface area contributed by atoms with E-state index in [1.807, 2.05) is 0 Å². The SMILES string of the molecule is C[C@]12N=C(NC(=O)O)C3(CCC3)S(O)(O)[C@@H]1CCOc1ncc(N=[N+]=[N-])cc12. The smallest absolute Gasteiger partial charge is 0.410 e. The van der Waals surface area contributed by atoms with Crippen molar-refractivity contribution in [2.45, 2.75) is 48.1 Å². The number of rotatable bonds is 1. The number of aliphatic imine (C=N–C) groups is 1. The highest BCUT2D eigenvalue weighted by molar-refractivity contribution is 8.26. The van der Waals surface area contributed by atoms with Gasteiger partial charge >= 0.3 is 6.09 Å². The molecule has 0 bridgehead atoms. The van der Waals surface area contributed by atoms with Crippen LogP contribution in [0.15, 0.2) is 22.4 Å². The van der Waals surface area contributed by atoms with Crippen molar-refractivity contribution < 1.29 is 23.7 Å². The molecule has 1 amide bonds. The standard InChI is InChI=1S/C16H20N6O5S/c1-15-10-7-9(21-22-17)8-18-12(10)27-6-3-11(15)28(25,26)16(4-2-5-16)13(20-15)19-14(23)24/h7-8,11,25-26H,2-6H2,1H3,(H,19,20)(H,23,24)/t11-,15-/m1/s1. The fraction of sp³-hybridized carbons (Fsp3) is 0.562. The minimum atomic E-state index is -3.30. The van der Waals surface area contributed by atoms with Gasteiger partial charge in [0, 0.05) is 23.1 Å². The predicted octanol–water partition coefficient (Wildman–Crippen LogP) is 3.74. The number of hydrogen-bond acceptors (Lipinski definition) is 7. The van der Waals surface area contributed by atoms with Gasteiger partial charge in [-0.05, 0) is 37.8 Å². The fourth-order valence-electron chi connectivity index (χ4n) is 4.39. The Bertz CT molecular complexity index is 926. The largest absolute Gasteiger partial charge is 0.477 e. The molecule has 0 radical (unpaired) electrons. The number of fused-ring (bicyclic) bond motifs is 3. The molecule has 1 fully saturated rings. The molecule has 2 atom stereocenters. The van der Waals surface area contributed by atoms with Crippen LogP contribution in [0.5, 0.6) is 5.88 Å². The van der Waals surface area contributed by atoms with Crippen LogP contribution in [-0.4, -0.2) is 47.7 Å². The minimum absolute atomic E-state index is 0.0621. The van der Waals surface area contributed by atoms with Crippen molar-refractivity contribution in [2.24, 2.45) is 10.1 Å². The number of amides is 1. The molecule has 1 spiro atoms. The highest BCUT2D eigenvalue weighted by Gasteiger charge is 2.64. The quantitative estimate of drug-likeness (QED) is 0.313. The highest BCUT2D eigenvalue weighted by atomic mass is 32.3. The summed E-state index contributed by atoms with van der Waals surface area (Å²) in [5, 5.41) is 14.5. The van der Waals surface area contributed by atoms with Gasteiger partial charge in [-0.25, -0.2) is 9.78 Å². The lowest BCUT2D eigenvalue weighted by Gasteiger charge is -2.64. The number of ether oxygens (including phenoxy) is 1. The van der Waals surface area contributed by atoms with Crippen molar-refractivity contribution in [1.29, 1.82) is 0 Å². The molecule has 3 aliphatic rings. The Balaban J connectivity index is 1.97. The maximum absolute atomic E-state index is 11.4. The van der Waals surface area contributed by atoms with Gasteiger partial charge < -0.3 is 9.84 Å². The predicted molar refractivity (Wildman–Crippen MR) is 102 cm³/mol. The van der Waals surface area contributed by atoms with Crippen LogP contribution >= 0.6 is 10.6 Å². The maximum Gasteiger partial charge on any atom is 0.410 e. The third-order valence-corrected chi connectivity index (χ3v) is 9.16. The Labute approximate surface area is 161 Å². The number of hydrogen-bond donors (Lipinski definition) is 4. The summed E-state index contributed by atoms with van der Waals surface area (Å²) in [4.78, 5) is 23.1. The average molecular weight is 408 g/mol. The second-order valence-corrected chi connectivity index (χ2v) is 9.88. The number of pyridine rings is 1. The molecule has 1 saturated carbocycles. The summed E-state index contributed by atoms with van der Waals surface area (Å²) in [5.41, 5.74) is 8.18. The van der Waals surface area contributed by atoms with Crippen molar-refractivity contribution in [3.63, 3.8) is 0 Å². The van der Waals surface area contributed by atoms with Crippen LogP contribution in [0.2, 0.25) is 0 Å². The zero-order valence-corrected chi connectivity index (χ0v) is 15.9. The van der Waals surface area contributed by atoms with Crippen LogP contribution in [0.1, 0.15) is 38.2 Å². The van der Waals surface area contributed by atoms with Crippen LogP contribution in [0.3, 0.4) is 0 Å². The molecule has 150 valence electrons. The van der Waals surface area contributed by atoms with Crippen LogP contribution in [0.25, 0.3) is 10.4 Å². The van der Waals surface area contributed by atoms with E-state index in [9.17, 15) is 19.0 Å². The fourth-order valence-corrected chi connectivity index (χ4v) is 7.45. The summed E-state index contributed by atoms with van der Waals surface area (Å²) in [6.45, 7) is 1.92. The molecule has 1 aliphatic carbocycles. The monoisotopic (exact) mass is 408 g/mol. The molecule has 0 aromatic carbocycles. The van der Waals surface area contributed by atoms with Crippen LogP contribution < -0.4 is 10.1 Å². The van der Waals surface area contributed by atoms with Crippen LogP contribution in [-0.2, 0) is 5.54 Å². The second-order valence-electron chi connectivity index (χ2n) is 7.34. The first-order chi connectivity index (χ1) is 13.2. The summed E-state index contributed by atoms with van der Waals surface area (Å²) in [6, 6.07) is 1.55. The molecule has 4 N–H and O–H groups in total. The van der Waals surface area contributed by atoms with Crippen LogP contribution in [0, 0.1) is 0 Å². The van der Waals surface area contributed by atoms with Gasteiger partial charge in [0.25, 0.3) is 0 Å². The van der Waals surface area contributed by atoms with Gasteiger partial charge in [-0.2, -0.15) is 10.6 Å². The van der Waals surface area contributed by atoms with E-state index in [4.69, 9.17) is 15.3 Å². The molecule has 3 heterocycles. The van der Waals surface area contributed by atoms with E-state index in [2.05, 4.69) is 20.3 Å². The van der Waals surface area contributed by atoms with Gasteiger partial charge in [0.05, 0.1) is 17.5 Å². The zero-order valence-electron chi connectivity index (χ0n) is 15.1. The molecular weight excluding hydrogens is 388 g/mol. The van der Waals surface area contributed by atoms with E-state index in [0.29, 0.717) is 24.8 Å². The maximum atomic E-state index is 11.4. The van der Waals surface area contributed by atoms with E-state index >= 15 is 0 Å². The lowest BCUT2D eigenvalue weighted by atomic mass is 9.81. The van der Waals surface area contributed by atoms with Gasteiger partial charge in [0.1, 0.15) is 16.1 Å². The highest BCUT2D eigenvalue weighted by Crippen LogP contribution is 2.71. The van der Waals surface area contributed by atoms with Crippen molar-refractivity contribution >= 4 is 28.2 Å². The summed E-state index contributed by atoms with van der Waals surface area (Å²) in [6.07, 6.45) is 2.02. The summed E-state index contributed by atoms with van der Waals surface area (Å²) >= 11 is 0. The minimum Gasteiger partial charge on any atom is -0.477 e. The Hall–Kier alpha value is -2.53. The number of nitrogens with one attached hydrogen (secondary N) is 1. The first kappa shape index (κ1) is 18.8. The lowest BCUT2D eigenvalue weighted by Crippen LogP contribution is -2.64. The first-order valence-electron chi connectivity index (χ1n) is 8.80. The lowest BCUT2D eigenvalue weighted by molar-refractivity contribution is 0.198. The third kappa shape index (κ3) is 2.46. The van der Waals surface area contributed by atoms with Crippen molar-refractivity contribution in [3.8, 4) is 5.88 Å². The van der Waals surface area contributed by atoms with Crippen molar-refractivity contribution in [3.05, 3.63) is 28.3 Å². The van der Waals surface area contributed by atoms with Gasteiger partial charge in [-0.15, -0.1) is 0 Å². The molecule has 0 saturated heterocycles. The van der Waals surface area contributed by atoms with E-state index in [-0.39, 0.29) is 24.0 Å². The summed E-state index contributed by atoms with van der Waals surface area (Å²) < 4.78 is 27.4. The molecule has 11 nitrogen and oxygen atoms in total. The number of carbonyl (C=O) groups is 1. The Morgan fingerprint density at radius 3 is 2.86 bits per heavy atom. The zero-order chi connectivity index (χ0) is 20.2. The Morgan fingerprint density at radius 2 is 2.25 bits per heavy atom. The molecule has 1 aromatic heterocycles. The Morgan fingerprint density at radius 1 is 1.50 bits per heavy atom. The summed E-state index contributed by atoms with van der Waals surface area (Å²) in [5.74, 6) is 0.312. The van der Waals surface area contributed by atoms with E-state index in [1.165, 1.54) is 6.20 Å². The molecule has 12 heteroatoms. The van der Waals surface area contributed by atoms with Gasteiger partial charge in [-0.3, -0.25) is 19.4 Å². The van der Waals surface area contributed by atoms with Gasteiger partial charge in [0.15, 0.2) is 0 Å². The molecule has 2 aliphatic heterocycles. The molecule has 0 unspecified atom stereocenters. The number of aromatic nitrogens is 1. The number of azide groups is 1. The van der Waals surface area contributed by atoms with Gasteiger partial charge in [-0.1, -0.05) is 5.11 Å². The Kier molecular flexibility index (Phi) is 4.19. The number of amidine groups is 1. The normalized spacial score (nSPS) is 30.1. The number of carboxylic acid groups (broad SMARTS) is 1. The average Bonchev–Trinajstić information content (AvgIpc) is 2.70. The van der Waals surface area contributed by atoms with E-state index in [0.717, 1.165) is 6.42 Å². The molecule has 28 heavy (non-hydrogen) atoms. The molecule has 4 rings (SSSR count). The first-order valence-corrected chi connectivity index (χ1v) is 10.4. The number of nitrogens with zero attached hydrogens (tertiary/aromatic N) is 5. The third-order valence-electron chi connectivity index (χ3n) is 5.92. The van der Waals surface area contributed by atoms with Crippen molar-refractivity contribution in [2.75, 3.05) is 6.61 Å². The van der Waals surface area contributed by atoms with Crippen molar-refractivity contribution in [1.82, 2.24) is 10.3 Å². The summed E-state index contributed by atoms with van der Waals surface area (Å²) in [7, 11) is -3.30. The second kappa shape index (κ2) is 6.24. The topological polar surface area (TPSA) is 173 Å². The van der Waals surface area contributed by atoms with E-state index in [1.54, 1.807) is 13.0 Å². The van der Waals surface area contributed by atoms with E-state index < -0.39 is 32.2 Å².